The highest BCUT2D eigenvalue weighted by atomic mass is 16.5. The maximum absolute atomic E-state index is 11.8. The SMILES string of the molecule is C=CC(CC(C)C=C(C)C)OC(=O)C=Cc1ccccc1. The first kappa shape index (κ1) is 17.0. The van der Waals surface area contributed by atoms with Gasteiger partial charge in [-0.1, -0.05) is 61.6 Å². The summed E-state index contributed by atoms with van der Waals surface area (Å²) in [6, 6.07) is 9.67. The second-order valence-electron chi connectivity index (χ2n) is 5.41. The van der Waals surface area contributed by atoms with Crippen molar-refractivity contribution in [3.8, 4) is 0 Å². The Hall–Kier alpha value is -2.09. The average Bonchev–Trinajstić information content (AvgIpc) is 2.44. The Kier molecular flexibility index (Phi) is 7.24. The molecule has 21 heavy (non-hydrogen) atoms. The summed E-state index contributed by atoms with van der Waals surface area (Å²) in [5.74, 6) is 0.0112. The third-order valence-corrected chi connectivity index (χ3v) is 2.96. The molecular formula is C19H24O2. The summed E-state index contributed by atoms with van der Waals surface area (Å²) in [4.78, 5) is 11.8. The molecule has 1 rings (SSSR count). The van der Waals surface area contributed by atoms with E-state index >= 15 is 0 Å². The first-order valence-electron chi connectivity index (χ1n) is 7.22. The molecule has 1 aromatic rings. The Morgan fingerprint density at radius 1 is 1.29 bits per heavy atom. The Balaban J connectivity index is 2.53. The van der Waals surface area contributed by atoms with Crippen LogP contribution in [0.25, 0.3) is 6.08 Å². The van der Waals surface area contributed by atoms with Gasteiger partial charge in [-0.3, -0.25) is 0 Å². The van der Waals surface area contributed by atoms with Crippen molar-refractivity contribution >= 4 is 12.0 Å². The fraction of sp³-hybridized carbons (Fsp3) is 0.316. The van der Waals surface area contributed by atoms with Crippen LogP contribution in [0.3, 0.4) is 0 Å². The normalized spacial score (nSPS) is 13.5. The summed E-state index contributed by atoms with van der Waals surface area (Å²) in [5.41, 5.74) is 2.24. The van der Waals surface area contributed by atoms with Crippen molar-refractivity contribution in [2.24, 2.45) is 5.92 Å². The van der Waals surface area contributed by atoms with Crippen LogP contribution in [0.1, 0.15) is 32.8 Å². The third-order valence-electron chi connectivity index (χ3n) is 2.96. The Bertz CT molecular complexity index is 508. The monoisotopic (exact) mass is 284 g/mol. The van der Waals surface area contributed by atoms with Crippen molar-refractivity contribution < 1.29 is 9.53 Å². The molecule has 0 N–H and O–H groups in total. The Labute approximate surface area is 127 Å². The molecule has 1 aromatic carbocycles. The second-order valence-corrected chi connectivity index (χ2v) is 5.41. The summed E-state index contributed by atoms with van der Waals surface area (Å²) in [6.07, 6.45) is 7.55. The number of ether oxygens (including phenoxy) is 1. The van der Waals surface area contributed by atoms with Crippen LogP contribution in [0.15, 0.2) is 60.7 Å². The van der Waals surface area contributed by atoms with Crippen molar-refractivity contribution in [1.29, 1.82) is 0 Å². The molecule has 112 valence electrons. The van der Waals surface area contributed by atoms with Crippen LogP contribution in [-0.4, -0.2) is 12.1 Å². The zero-order valence-electron chi connectivity index (χ0n) is 13.1. The number of carbonyl (C=O) groups is 1. The number of hydrogen-bond donors (Lipinski definition) is 0. The van der Waals surface area contributed by atoms with Crippen LogP contribution in [0, 0.1) is 5.92 Å². The van der Waals surface area contributed by atoms with Gasteiger partial charge >= 0.3 is 5.97 Å². The van der Waals surface area contributed by atoms with E-state index in [1.807, 2.05) is 30.3 Å². The quantitative estimate of drug-likeness (QED) is 0.409. The minimum Gasteiger partial charge on any atom is -0.455 e. The minimum atomic E-state index is -0.340. The molecule has 0 heterocycles. The lowest BCUT2D eigenvalue weighted by Gasteiger charge is -2.16. The van der Waals surface area contributed by atoms with Crippen molar-refractivity contribution in [1.82, 2.24) is 0 Å². The highest BCUT2D eigenvalue weighted by Crippen LogP contribution is 2.14. The highest BCUT2D eigenvalue weighted by molar-refractivity contribution is 5.87. The molecule has 0 aromatic heterocycles. The number of esters is 1. The predicted molar refractivity (Wildman–Crippen MR) is 88.8 cm³/mol. The zero-order valence-corrected chi connectivity index (χ0v) is 13.1. The summed E-state index contributed by atoms with van der Waals surface area (Å²) >= 11 is 0. The molecule has 2 heteroatoms. The van der Waals surface area contributed by atoms with E-state index in [9.17, 15) is 4.79 Å². The lowest BCUT2D eigenvalue weighted by Crippen LogP contribution is -2.16. The van der Waals surface area contributed by atoms with Gasteiger partial charge in [0, 0.05) is 6.08 Å². The van der Waals surface area contributed by atoms with E-state index in [4.69, 9.17) is 4.74 Å². The van der Waals surface area contributed by atoms with Crippen molar-refractivity contribution in [2.75, 3.05) is 0 Å². The Morgan fingerprint density at radius 2 is 1.95 bits per heavy atom. The van der Waals surface area contributed by atoms with Crippen LogP contribution >= 0.6 is 0 Å². The first-order chi connectivity index (χ1) is 10.0. The number of hydrogen-bond acceptors (Lipinski definition) is 2. The van der Waals surface area contributed by atoms with Gasteiger partial charge in [-0.15, -0.1) is 0 Å². The smallest absolute Gasteiger partial charge is 0.331 e. The molecule has 0 bridgehead atoms. The van der Waals surface area contributed by atoms with E-state index in [2.05, 4.69) is 33.4 Å². The standard InChI is InChI=1S/C19H24O2/c1-5-18(14-16(4)13-15(2)3)21-19(20)12-11-17-9-7-6-8-10-17/h5-13,16,18H,1,14H2,2-4H3. The highest BCUT2D eigenvalue weighted by Gasteiger charge is 2.12. The topological polar surface area (TPSA) is 26.3 Å². The van der Waals surface area contributed by atoms with Crippen molar-refractivity contribution in [3.63, 3.8) is 0 Å². The molecule has 0 amide bonds. The molecule has 0 spiro atoms. The van der Waals surface area contributed by atoms with Gasteiger partial charge in [-0.05, 0) is 37.8 Å². The number of allylic oxidation sites excluding steroid dienone is 2. The summed E-state index contributed by atoms with van der Waals surface area (Å²) in [6.45, 7) is 9.98. The number of rotatable bonds is 7. The summed E-state index contributed by atoms with van der Waals surface area (Å²) in [7, 11) is 0. The zero-order chi connectivity index (χ0) is 15.7. The van der Waals surface area contributed by atoms with Crippen LogP contribution < -0.4 is 0 Å². The van der Waals surface area contributed by atoms with E-state index in [0.717, 1.165) is 12.0 Å². The predicted octanol–water partition coefficient (Wildman–Crippen LogP) is 4.79. The van der Waals surface area contributed by atoms with Gasteiger partial charge in [0.2, 0.25) is 0 Å². The van der Waals surface area contributed by atoms with Crippen molar-refractivity contribution in [2.45, 2.75) is 33.3 Å². The lowest BCUT2D eigenvalue weighted by atomic mass is 10.0. The van der Waals surface area contributed by atoms with Crippen LogP contribution in [0.4, 0.5) is 0 Å². The van der Waals surface area contributed by atoms with Crippen molar-refractivity contribution in [3.05, 3.63) is 66.3 Å². The molecule has 0 saturated carbocycles. The molecular weight excluding hydrogens is 260 g/mol. The van der Waals surface area contributed by atoms with E-state index in [1.54, 1.807) is 12.2 Å². The fourth-order valence-electron chi connectivity index (χ4n) is 2.11. The molecule has 0 fully saturated rings. The molecule has 0 radical (unpaired) electrons. The third kappa shape index (κ3) is 7.31. The Morgan fingerprint density at radius 3 is 2.52 bits per heavy atom. The van der Waals surface area contributed by atoms with Gasteiger partial charge in [0.05, 0.1) is 0 Å². The largest absolute Gasteiger partial charge is 0.455 e. The molecule has 2 unspecified atom stereocenters. The lowest BCUT2D eigenvalue weighted by molar-refractivity contribution is -0.141. The van der Waals surface area contributed by atoms with Gasteiger partial charge in [-0.2, -0.15) is 0 Å². The maximum atomic E-state index is 11.8. The molecule has 2 atom stereocenters. The summed E-state index contributed by atoms with van der Waals surface area (Å²) in [5, 5.41) is 0. The second kappa shape index (κ2) is 8.96. The van der Waals surface area contributed by atoms with Gasteiger partial charge in [0.25, 0.3) is 0 Å². The molecule has 0 aliphatic carbocycles. The van der Waals surface area contributed by atoms with Gasteiger partial charge < -0.3 is 4.74 Å². The summed E-state index contributed by atoms with van der Waals surface area (Å²) < 4.78 is 5.40. The first-order valence-corrected chi connectivity index (χ1v) is 7.22. The van der Waals surface area contributed by atoms with Gasteiger partial charge in [-0.25, -0.2) is 4.79 Å². The van der Waals surface area contributed by atoms with Crippen LogP contribution in [0.5, 0.6) is 0 Å². The van der Waals surface area contributed by atoms with Gasteiger partial charge in [0.1, 0.15) is 6.10 Å². The minimum absolute atomic E-state index is 0.261. The van der Waals surface area contributed by atoms with E-state index in [1.165, 1.54) is 11.6 Å². The molecule has 0 saturated heterocycles. The van der Waals surface area contributed by atoms with Crippen LogP contribution in [-0.2, 0) is 9.53 Å². The van der Waals surface area contributed by atoms with E-state index in [-0.39, 0.29) is 12.1 Å². The van der Waals surface area contributed by atoms with E-state index in [0.29, 0.717) is 5.92 Å². The molecule has 2 nitrogen and oxygen atoms in total. The fourth-order valence-corrected chi connectivity index (χ4v) is 2.11. The molecule has 0 aliphatic rings. The number of carbonyl (C=O) groups excluding carboxylic acids is 1. The molecule has 0 aliphatic heterocycles. The van der Waals surface area contributed by atoms with E-state index < -0.39 is 0 Å². The number of benzene rings is 1. The van der Waals surface area contributed by atoms with Gasteiger partial charge in [0.15, 0.2) is 0 Å². The van der Waals surface area contributed by atoms with Crippen LogP contribution in [0.2, 0.25) is 0 Å². The average molecular weight is 284 g/mol. The maximum Gasteiger partial charge on any atom is 0.331 e.